The summed E-state index contributed by atoms with van der Waals surface area (Å²) in [6, 6.07) is -8.84. The maximum absolute atomic E-state index is 15.1. The first-order valence-corrected chi connectivity index (χ1v) is 38.7. The molecule has 0 aliphatic carbocycles. The van der Waals surface area contributed by atoms with Gasteiger partial charge in [0.1, 0.15) is 78.1 Å². The highest BCUT2D eigenvalue weighted by Crippen LogP contribution is 2.28. The van der Waals surface area contributed by atoms with Crippen molar-refractivity contribution in [2.45, 2.75) is 144 Å². The van der Waals surface area contributed by atoms with Crippen molar-refractivity contribution >= 4 is 153 Å². The van der Waals surface area contributed by atoms with Crippen LogP contribution in [0.4, 0.5) is 0 Å². The van der Waals surface area contributed by atoms with Gasteiger partial charge in [-0.15, -0.1) is 0 Å². The number of nitrogens with zero attached hydrogens (tertiary/aromatic N) is 1. The summed E-state index contributed by atoms with van der Waals surface area (Å²) in [5.74, 6) is -19.2. The summed E-state index contributed by atoms with van der Waals surface area (Å²) in [6.45, 7) is 1.48. The number of aromatic hydroxyl groups is 2. The molecule has 3 aliphatic rings. The van der Waals surface area contributed by atoms with Gasteiger partial charge in [0.05, 0.1) is 31.2 Å². The second-order valence-electron chi connectivity index (χ2n) is 23.2. The number of hydrogen-bond donors (Lipinski definition) is 20. The van der Waals surface area contributed by atoms with E-state index >= 15 is 9.59 Å². The van der Waals surface area contributed by atoms with Crippen molar-refractivity contribution in [3.05, 3.63) is 59.7 Å². The Bertz CT molecular complexity index is 3300. The fraction of sp³-hybridized carbons (Fsp3) is 0.542. The van der Waals surface area contributed by atoms with E-state index in [2.05, 4.69) is 63.8 Å². The first-order valence-electron chi connectivity index (χ1n) is 31.3. The van der Waals surface area contributed by atoms with Gasteiger partial charge in [0.25, 0.3) is 0 Å². The fourth-order valence-electron chi connectivity index (χ4n) is 9.78. The van der Waals surface area contributed by atoms with Crippen molar-refractivity contribution in [2.75, 3.05) is 54.7 Å². The van der Waals surface area contributed by atoms with Crippen molar-refractivity contribution in [3.8, 4) is 11.5 Å². The van der Waals surface area contributed by atoms with E-state index in [1.54, 1.807) is 0 Å². The highest BCUT2D eigenvalue weighted by molar-refractivity contribution is 8.77. The number of phenolic OH excluding ortho intramolecular Hbond substituents is 2. The molecule has 3 heterocycles. The summed E-state index contributed by atoms with van der Waals surface area (Å²) in [5, 5.41) is 90.4. The Morgan fingerprint density at radius 1 is 0.594 bits per heavy atom. The van der Waals surface area contributed by atoms with Gasteiger partial charge in [-0.2, -0.15) is 0 Å². The summed E-state index contributed by atoms with van der Waals surface area (Å²) in [6.07, 6.45) is -5.52. The van der Waals surface area contributed by atoms with Gasteiger partial charge in [-0.05, 0) is 75.5 Å². The number of aliphatic hydroxyl groups excluding tert-OH is 2. The smallest absolute Gasteiger partial charge is 0.326 e. The first kappa shape index (κ1) is 83.7. The second-order valence-corrected chi connectivity index (χ2v) is 30.9. The lowest BCUT2D eigenvalue weighted by Gasteiger charge is -2.30. The number of aliphatic carboxylic acids is 2. The number of likely N-dealkylation sites (tertiary alicyclic amines) is 1. The van der Waals surface area contributed by atoms with Gasteiger partial charge >= 0.3 is 11.9 Å². The van der Waals surface area contributed by atoms with Crippen LogP contribution in [0.2, 0.25) is 0 Å². The molecule has 0 spiro atoms. The van der Waals surface area contributed by atoms with Gasteiger partial charge < -0.3 is 111 Å². The standard InChI is InChI=1S/C59H83N15O21S6/c1-27(75)47-57(92)63-20-45(80)65-39(52(87)69-37(59(94)95)18-30-8-12-32(78)13-9-30)23-99-101-26-42-55(90)72-41(54(89)68-36(19-44(61)79)58(93)74-16-4-5-43(74)56(91)64-28(2)76)25-98-96-21-33(60)48(83)70-40(24-100-97-22-38(62-3)51(86)73-47)53(88)66-34(14-15-46(81)82)49(84)67-35(50(85)71-42)17-29-6-10-31(77)11-7-29/h6-13,27-28,33-43,47,62,75-78H,4-5,14-26,60H2,1-3H3,(H2,61,79)(H,63,92)(H,64,91)(H,65,80)(H,66,88)(H,67,84)(H,68,89)(H,69,87)(H,70,83)(H,71,85)(H,72,90)(H,73,86)(H,81,82)(H,94,95)/t27-,28-,33+,34+,35+,36+,37-,38+,39+,40+,41+,42+,43+,47?/m1/s1. The molecule has 42 heteroatoms. The lowest BCUT2D eigenvalue weighted by Crippen LogP contribution is -2.61. The number of fused-ring (bicyclic) bond motifs is 9. The molecule has 1 unspecified atom stereocenters. The van der Waals surface area contributed by atoms with Gasteiger partial charge in [-0.3, -0.25) is 67.1 Å². The molecule has 2 aromatic rings. The van der Waals surface area contributed by atoms with Gasteiger partial charge in [0.15, 0.2) is 0 Å². The number of hydrogen-bond acceptors (Lipinski definition) is 27. The zero-order valence-electron chi connectivity index (χ0n) is 54.7. The molecule has 5 rings (SSSR count). The molecule has 0 radical (unpaired) electrons. The second kappa shape index (κ2) is 41.8. The van der Waals surface area contributed by atoms with Crippen LogP contribution in [0.3, 0.4) is 0 Å². The van der Waals surface area contributed by atoms with Crippen molar-refractivity contribution < 1.29 is 103 Å². The highest BCUT2D eigenvalue weighted by atomic mass is 33.1. The normalized spacial score (nSPS) is 25.2. The quantitative estimate of drug-likeness (QED) is 0.0354. The number of carboxylic acids is 2. The summed E-state index contributed by atoms with van der Waals surface area (Å²) >= 11 is 0. The number of phenols is 2. The highest BCUT2D eigenvalue weighted by Gasteiger charge is 2.41. The molecule has 3 saturated heterocycles. The van der Waals surface area contributed by atoms with E-state index in [1.165, 1.54) is 69.4 Å². The number of nitrogens with two attached hydrogens (primary N) is 2. The van der Waals surface area contributed by atoms with Crippen LogP contribution >= 0.6 is 64.8 Å². The molecule has 13 amide bonds. The molecule has 101 heavy (non-hydrogen) atoms. The number of rotatable bonds is 19. The van der Waals surface area contributed by atoms with Crippen LogP contribution < -0.4 is 75.3 Å². The Hall–Kier alpha value is -7.97. The maximum Gasteiger partial charge on any atom is 0.326 e. The topological polar surface area (TPSA) is 577 Å². The largest absolute Gasteiger partial charge is 0.508 e. The molecule has 22 N–H and O–H groups in total. The molecule has 556 valence electrons. The van der Waals surface area contributed by atoms with Crippen LogP contribution in [-0.2, 0) is 84.8 Å². The molecule has 0 saturated carbocycles. The van der Waals surface area contributed by atoms with E-state index in [-0.39, 0.29) is 60.1 Å². The molecule has 14 atom stereocenters. The Morgan fingerprint density at radius 3 is 1.68 bits per heavy atom. The predicted octanol–water partition coefficient (Wildman–Crippen LogP) is -5.90. The number of carbonyl (C=O) groups is 15. The van der Waals surface area contributed by atoms with Gasteiger partial charge in [-0.1, -0.05) is 89.0 Å². The number of amides is 13. The van der Waals surface area contributed by atoms with Crippen molar-refractivity contribution in [3.63, 3.8) is 0 Å². The maximum atomic E-state index is 15.1. The van der Waals surface area contributed by atoms with Crippen LogP contribution in [0, 0.1) is 0 Å². The minimum atomic E-state index is -1.84. The van der Waals surface area contributed by atoms with Gasteiger partial charge in [0.2, 0.25) is 76.8 Å². The Labute approximate surface area is 602 Å². The number of nitrogens with one attached hydrogen (secondary N) is 12. The van der Waals surface area contributed by atoms with E-state index < -0.39 is 223 Å². The molecule has 3 aliphatic heterocycles. The third-order valence-corrected chi connectivity index (χ3v) is 22.5. The molecular weight excluding hydrogens is 1450 g/mol. The van der Waals surface area contributed by atoms with Crippen LogP contribution in [0.5, 0.6) is 11.5 Å². The van der Waals surface area contributed by atoms with Gasteiger partial charge in [-0.25, -0.2) is 4.79 Å². The molecule has 0 aromatic heterocycles. The minimum absolute atomic E-state index is 0.0396. The van der Waals surface area contributed by atoms with Crippen LogP contribution in [0.25, 0.3) is 0 Å². The van der Waals surface area contributed by atoms with Crippen molar-refractivity contribution in [1.82, 2.24) is 68.7 Å². The lowest BCUT2D eigenvalue weighted by atomic mass is 10.0. The molecule has 3 fully saturated rings. The summed E-state index contributed by atoms with van der Waals surface area (Å²) in [5.41, 5.74) is 12.6. The van der Waals surface area contributed by atoms with E-state index in [0.29, 0.717) is 5.56 Å². The Balaban J connectivity index is 1.66. The average Bonchev–Trinajstić information content (AvgIpc) is 1.74. The lowest BCUT2D eigenvalue weighted by molar-refractivity contribution is -0.143. The monoisotopic (exact) mass is 1530 g/mol. The summed E-state index contributed by atoms with van der Waals surface area (Å²) in [7, 11) is 6.46. The number of carbonyl (C=O) groups excluding carboxylic acids is 13. The zero-order valence-corrected chi connectivity index (χ0v) is 59.6. The Kier molecular flexibility index (Phi) is 34.7. The molecule has 2 bridgehead atoms. The van der Waals surface area contributed by atoms with E-state index in [9.17, 15) is 93.0 Å². The van der Waals surface area contributed by atoms with E-state index in [1.807, 2.05) is 0 Å². The van der Waals surface area contributed by atoms with Crippen LogP contribution in [-0.4, -0.2) is 264 Å². The van der Waals surface area contributed by atoms with E-state index in [0.717, 1.165) is 69.7 Å². The van der Waals surface area contributed by atoms with Crippen molar-refractivity contribution in [2.24, 2.45) is 11.5 Å². The van der Waals surface area contributed by atoms with Crippen LogP contribution in [0.1, 0.15) is 57.1 Å². The number of benzene rings is 2. The van der Waals surface area contributed by atoms with Crippen LogP contribution in [0.15, 0.2) is 48.5 Å². The molecule has 2 aromatic carbocycles. The van der Waals surface area contributed by atoms with Crippen molar-refractivity contribution in [1.29, 1.82) is 0 Å². The first-order chi connectivity index (χ1) is 47.8. The Morgan fingerprint density at radius 2 is 1.12 bits per heavy atom. The summed E-state index contributed by atoms with van der Waals surface area (Å²) in [4.78, 5) is 209. The molecular formula is C59H83N15O21S6. The SMILES string of the molecule is CN[C@H]1CSSC[C@@H]2NC(=O)[C@@H](N)CSSC[C@@H](C(=O)N[C@@H](CC(N)=O)C(=O)N3CCC[C@H]3C(=O)N[C@@H](C)O)NC(=O)[C@H](CSSC[C@@H](C(=O)N[C@H](Cc3ccc(O)cc3)C(=O)O)NC(=O)CNC(=O)C([C@@H](C)O)NC1=O)NC(=O)[C@H](Cc1ccc(O)cc1)NC(=O)[C@H](CCC(=O)O)NC2=O. The minimum Gasteiger partial charge on any atom is -0.508 e. The fourth-order valence-corrected chi connectivity index (χ4v) is 16.8. The third-order valence-electron chi connectivity index (χ3n) is 15.2. The third kappa shape index (κ3) is 28.1. The van der Waals surface area contributed by atoms with E-state index in [4.69, 9.17) is 11.5 Å². The number of primary amides is 1. The predicted molar refractivity (Wildman–Crippen MR) is 374 cm³/mol. The number of likely N-dealkylation sites (N-methyl/N-ethyl adjacent to an activating group) is 1. The molecule has 36 nitrogen and oxygen atoms in total. The summed E-state index contributed by atoms with van der Waals surface area (Å²) < 4.78 is 0. The number of carboxylic acid groups (broad SMARTS) is 2. The average molecular weight is 1530 g/mol. The zero-order chi connectivity index (χ0) is 74.6. The van der Waals surface area contributed by atoms with Gasteiger partial charge in [0, 0.05) is 60.3 Å². The number of aliphatic hydroxyl groups is 2.